The van der Waals surface area contributed by atoms with Gasteiger partial charge in [-0.15, -0.1) is 0 Å². The van der Waals surface area contributed by atoms with Crippen LogP contribution in [0.1, 0.15) is 26.3 Å². The van der Waals surface area contributed by atoms with Gasteiger partial charge in [0.05, 0.1) is 0 Å². The Labute approximate surface area is 103 Å². The highest BCUT2D eigenvalue weighted by atomic mass is 19.1. The average molecular weight is 236 g/mol. The van der Waals surface area contributed by atoms with Crippen molar-refractivity contribution >= 4 is 5.69 Å². The second kappa shape index (κ2) is 4.30. The molecule has 0 atom stereocenters. The normalized spacial score (nSPS) is 17.1. The molecule has 2 rings (SSSR count). The molecule has 1 heterocycles. The maximum absolute atomic E-state index is 13.1. The van der Waals surface area contributed by atoms with E-state index in [9.17, 15) is 4.39 Å². The van der Waals surface area contributed by atoms with E-state index in [-0.39, 0.29) is 5.82 Å². The lowest BCUT2D eigenvalue weighted by molar-refractivity contribution is 0.195. The largest absolute Gasteiger partial charge is 0.371 e. The Morgan fingerprint density at radius 3 is 2.53 bits per heavy atom. The van der Waals surface area contributed by atoms with E-state index in [0.29, 0.717) is 17.9 Å². The molecule has 0 saturated carbocycles. The summed E-state index contributed by atoms with van der Waals surface area (Å²) in [7, 11) is 0. The minimum atomic E-state index is -0.206. The van der Waals surface area contributed by atoms with Crippen molar-refractivity contribution < 1.29 is 4.39 Å². The second-order valence-electron chi connectivity index (χ2n) is 5.95. The summed E-state index contributed by atoms with van der Waals surface area (Å²) in [4.78, 5) is 2.29. The summed E-state index contributed by atoms with van der Waals surface area (Å²) < 4.78 is 13.1. The molecule has 0 bridgehead atoms. The Kier molecular flexibility index (Phi) is 3.13. The Morgan fingerprint density at radius 2 is 2.00 bits per heavy atom. The Morgan fingerprint density at radius 1 is 1.35 bits per heavy atom. The SMILES string of the molecule is CC(C)(C)C1CN(c2ccc(F)cc2CN)C1. The van der Waals surface area contributed by atoms with Gasteiger partial charge in [0.25, 0.3) is 0 Å². The predicted molar refractivity (Wildman–Crippen MR) is 69.4 cm³/mol. The second-order valence-corrected chi connectivity index (χ2v) is 5.95. The summed E-state index contributed by atoms with van der Waals surface area (Å²) in [6, 6.07) is 4.90. The molecule has 0 amide bonds. The van der Waals surface area contributed by atoms with Crippen molar-refractivity contribution in [2.75, 3.05) is 18.0 Å². The van der Waals surface area contributed by atoms with Crippen LogP contribution in [0.3, 0.4) is 0 Å². The van der Waals surface area contributed by atoms with Crippen molar-refractivity contribution in [2.24, 2.45) is 17.1 Å². The molecule has 1 aliphatic rings. The van der Waals surface area contributed by atoms with E-state index < -0.39 is 0 Å². The van der Waals surface area contributed by atoms with Crippen LogP contribution in [0, 0.1) is 17.2 Å². The molecule has 0 radical (unpaired) electrons. The maximum atomic E-state index is 13.1. The van der Waals surface area contributed by atoms with E-state index in [0.717, 1.165) is 24.3 Å². The molecule has 17 heavy (non-hydrogen) atoms. The molecular weight excluding hydrogens is 215 g/mol. The zero-order valence-electron chi connectivity index (χ0n) is 10.8. The smallest absolute Gasteiger partial charge is 0.123 e. The van der Waals surface area contributed by atoms with Crippen molar-refractivity contribution in [3.63, 3.8) is 0 Å². The van der Waals surface area contributed by atoms with Gasteiger partial charge in [-0.05, 0) is 35.1 Å². The van der Waals surface area contributed by atoms with Gasteiger partial charge < -0.3 is 10.6 Å². The van der Waals surface area contributed by atoms with E-state index in [1.54, 1.807) is 6.07 Å². The van der Waals surface area contributed by atoms with E-state index in [1.165, 1.54) is 6.07 Å². The van der Waals surface area contributed by atoms with E-state index in [2.05, 4.69) is 25.7 Å². The third-order valence-electron chi connectivity index (χ3n) is 3.71. The Bertz CT molecular complexity index is 403. The van der Waals surface area contributed by atoms with Crippen LogP contribution in [-0.2, 0) is 6.54 Å². The molecule has 2 N–H and O–H groups in total. The summed E-state index contributed by atoms with van der Waals surface area (Å²) in [5, 5.41) is 0. The lowest BCUT2D eigenvalue weighted by Gasteiger charge is -2.48. The number of benzene rings is 1. The first-order valence-corrected chi connectivity index (χ1v) is 6.15. The summed E-state index contributed by atoms with van der Waals surface area (Å²) in [6.45, 7) is 9.28. The molecule has 0 aromatic heterocycles. The summed E-state index contributed by atoms with van der Waals surface area (Å²) in [5.41, 5.74) is 8.00. The number of nitrogens with two attached hydrogens (primary N) is 1. The summed E-state index contributed by atoms with van der Waals surface area (Å²) >= 11 is 0. The fraction of sp³-hybridized carbons (Fsp3) is 0.571. The van der Waals surface area contributed by atoms with Crippen molar-refractivity contribution in [1.82, 2.24) is 0 Å². The standard InChI is InChI=1S/C14H21FN2/c1-14(2,3)11-8-17(9-11)13-5-4-12(15)6-10(13)7-16/h4-6,11H,7-9,16H2,1-3H3. The fourth-order valence-electron chi connectivity index (χ4n) is 2.25. The molecule has 1 fully saturated rings. The van der Waals surface area contributed by atoms with Crippen LogP contribution in [0.15, 0.2) is 18.2 Å². The summed E-state index contributed by atoms with van der Waals surface area (Å²) in [6.07, 6.45) is 0. The van der Waals surface area contributed by atoms with Crippen molar-refractivity contribution in [2.45, 2.75) is 27.3 Å². The highest BCUT2D eigenvalue weighted by Gasteiger charge is 2.36. The molecule has 0 spiro atoms. The molecule has 1 aromatic carbocycles. The van der Waals surface area contributed by atoms with Crippen molar-refractivity contribution in [3.05, 3.63) is 29.6 Å². The van der Waals surface area contributed by atoms with E-state index >= 15 is 0 Å². The van der Waals surface area contributed by atoms with Gasteiger partial charge in [-0.1, -0.05) is 20.8 Å². The van der Waals surface area contributed by atoms with Gasteiger partial charge in [-0.3, -0.25) is 0 Å². The van der Waals surface area contributed by atoms with Gasteiger partial charge in [0.2, 0.25) is 0 Å². The zero-order valence-corrected chi connectivity index (χ0v) is 10.8. The van der Waals surface area contributed by atoms with Gasteiger partial charge in [-0.2, -0.15) is 0 Å². The van der Waals surface area contributed by atoms with E-state index in [4.69, 9.17) is 5.73 Å². The molecule has 94 valence electrons. The van der Waals surface area contributed by atoms with Crippen LogP contribution in [0.2, 0.25) is 0 Å². The lowest BCUT2D eigenvalue weighted by atomic mass is 9.75. The number of hydrogen-bond acceptors (Lipinski definition) is 2. The Balaban J connectivity index is 2.11. The highest BCUT2D eigenvalue weighted by Crippen LogP contribution is 2.37. The number of nitrogens with zero attached hydrogens (tertiary/aromatic N) is 1. The zero-order chi connectivity index (χ0) is 12.6. The van der Waals surface area contributed by atoms with Gasteiger partial charge >= 0.3 is 0 Å². The average Bonchev–Trinajstić information content (AvgIpc) is 2.15. The van der Waals surface area contributed by atoms with Gasteiger partial charge in [0.1, 0.15) is 5.82 Å². The van der Waals surface area contributed by atoms with Crippen LogP contribution in [0.4, 0.5) is 10.1 Å². The minimum absolute atomic E-state index is 0.206. The Hall–Kier alpha value is -1.09. The van der Waals surface area contributed by atoms with Gasteiger partial charge in [0.15, 0.2) is 0 Å². The quantitative estimate of drug-likeness (QED) is 0.855. The number of hydrogen-bond donors (Lipinski definition) is 1. The van der Waals surface area contributed by atoms with Gasteiger partial charge in [-0.25, -0.2) is 4.39 Å². The monoisotopic (exact) mass is 236 g/mol. The highest BCUT2D eigenvalue weighted by molar-refractivity contribution is 5.55. The first kappa shape index (κ1) is 12.4. The number of anilines is 1. The molecule has 2 nitrogen and oxygen atoms in total. The number of rotatable bonds is 2. The molecule has 1 aromatic rings. The van der Waals surface area contributed by atoms with Crippen LogP contribution in [0.25, 0.3) is 0 Å². The first-order valence-electron chi connectivity index (χ1n) is 6.15. The summed E-state index contributed by atoms with van der Waals surface area (Å²) in [5.74, 6) is 0.500. The maximum Gasteiger partial charge on any atom is 0.123 e. The van der Waals surface area contributed by atoms with Gasteiger partial charge in [0, 0.05) is 25.3 Å². The van der Waals surface area contributed by atoms with Crippen LogP contribution in [0.5, 0.6) is 0 Å². The molecule has 3 heteroatoms. The third-order valence-corrected chi connectivity index (χ3v) is 3.71. The first-order chi connectivity index (χ1) is 7.91. The molecular formula is C14H21FN2. The molecule has 1 aliphatic heterocycles. The van der Waals surface area contributed by atoms with Crippen LogP contribution in [-0.4, -0.2) is 13.1 Å². The lowest BCUT2D eigenvalue weighted by Crippen LogP contribution is -2.52. The van der Waals surface area contributed by atoms with Crippen LogP contribution < -0.4 is 10.6 Å². The molecule has 0 aliphatic carbocycles. The van der Waals surface area contributed by atoms with Crippen molar-refractivity contribution in [3.8, 4) is 0 Å². The topological polar surface area (TPSA) is 29.3 Å². The number of halogens is 1. The van der Waals surface area contributed by atoms with Crippen molar-refractivity contribution in [1.29, 1.82) is 0 Å². The van der Waals surface area contributed by atoms with Crippen LogP contribution >= 0.6 is 0 Å². The minimum Gasteiger partial charge on any atom is -0.371 e. The van der Waals surface area contributed by atoms with E-state index in [1.807, 2.05) is 6.07 Å². The third kappa shape index (κ3) is 2.44. The molecule has 0 unspecified atom stereocenters. The molecule has 1 saturated heterocycles. The predicted octanol–water partition coefficient (Wildman–Crippen LogP) is 2.77. The fourth-order valence-corrected chi connectivity index (χ4v) is 2.25.